The topological polar surface area (TPSA) is 72.8 Å². The highest BCUT2D eigenvalue weighted by atomic mass is 16.5. The number of amides is 1. The van der Waals surface area contributed by atoms with Crippen LogP contribution in [0.25, 0.3) is 0 Å². The van der Waals surface area contributed by atoms with Crippen molar-refractivity contribution in [3.05, 3.63) is 53.6 Å². The van der Waals surface area contributed by atoms with E-state index in [4.69, 9.17) is 24.0 Å². The Morgan fingerprint density at radius 1 is 1.03 bits per heavy atom. The summed E-state index contributed by atoms with van der Waals surface area (Å²) in [5.41, 5.74) is 2.67. The summed E-state index contributed by atoms with van der Waals surface area (Å²) in [7, 11) is 4.86. The van der Waals surface area contributed by atoms with Gasteiger partial charge in [0.05, 0.1) is 52.8 Å². The van der Waals surface area contributed by atoms with Crippen molar-refractivity contribution in [3.8, 4) is 17.2 Å². The smallest absolute Gasteiger partial charge is 0.257 e. The average molecular weight is 440 g/mol. The zero-order valence-electron chi connectivity index (χ0n) is 18.7. The van der Waals surface area contributed by atoms with Gasteiger partial charge in [0.1, 0.15) is 5.75 Å². The van der Waals surface area contributed by atoms with Crippen LogP contribution in [0.15, 0.2) is 47.6 Å². The molecule has 1 saturated heterocycles. The van der Waals surface area contributed by atoms with Crippen LogP contribution in [0, 0.1) is 0 Å². The first-order chi connectivity index (χ1) is 15.6. The van der Waals surface area contributed by atoms with Crippen molar-refractivity contribution in [2.45, 2.75) is 12.5 Å². The van der Waals surface area contributed by atoms with Crippen LogP contribution in [0.1, 0.15) is 23.6 Å². The molecule has 0 radical (unpaired) electrons. The van der Waals surface area contributed by atoms with Gasteiger partial charge < -0.3 is 18.9 Å². The maximum absolute atomic E-state index is 13.4. The van der Waals surface area contributed by atoms with Crippen molar-refractivity contribution in [1.29, 1.82) is 0 Å². The van der Waals surface area contributed by atoms with E-state index in [1.165, 1.54) is 0 Å². The molecule has 0 bridgehead atoms. The summed E-state index contributed by atoms with van der Waals surface area (Å²) in [6.45, 7) is 3.05. The lowest BCUT2D eigenvalue weighted by atomic mass is 9.97. The van der Waals surface area contributed by atoms with Gasteiger partial charge in [-0.15, -0.1) is 0 Å². The highest BCUT2D eigenvalue weighted by molar-refractivity contribution is 6.03. The third kappa shape index (κ3) is 4.56. The van der Waals surface area contributed by atoms with Crippen molar-refractivity contribution in [3.63, 3.8) is 0 Å². The van der Waals surface area contributed by atoms with Gasteiger partial charge in [-0.1, -0.05) is 12.1 Å². The Morgan fingerprint density at radius 3 is 2.44 bits per heavy atom. The Balaban J connectivity index is 1.66. The molecule has 0 unspecified atom stereocenters. The van der Waals surface area contributed by atoms with E-state index in [1.807, 2.05) is 42.5 Å². The van der Waals surface area contributed by atoms with Crippen molar-refractivity contribution in [2.75, 3.05) is 54.2 Å². The SMILES string of the molecule is COc1ccc(C2=NN(C(=O)CN3CCOCC3)[C@H](c3cccc(OC)c3OC)C2)cc1. The number of hydrogen-bond donors (Lipinski definition) is 0. The van der Waals surface area contributed by atoms with Gasteiger partial charge in [-0.05, 0) is 35.9 Å². The molecule has 0 saturated carbocycles. The molecule has 1 fully saturated rings. The summed E-state index contributed by atoms with van der Waals surface area (Å²) in [6.07, 6.45) is 0.574. The zero-order valence-corrected chi connectivity index (χ0v) is 18.7. The highest BCUT2D eigenvalue weighted by Crippen LogP contribution is 2.41. The van der Waals surface area contributed by atoms with Crippen LogP contribution in [0.2, 0.25) is 0 Å². The molecule has 2 aromatic carbocycles. The fraction of sp³-hybridized carbons (Fsp3) is 0.417. The Kier molecular flexibility index (Phi) is 6.92. The zero-order chi connectivity index (χ0) is 22.5. The number of hydrogen-bond acceptors (Lipinski definition) is 7. The Morgan fingerprint density at radius 2 is 1.78 bits per heavy atom. The number of nitrogens with zero attached hydrogens (tertiary/aromatic N) is 3. The molecule has 2 aromatic rings. The van der Waals surface area contributed by atoms with E-state index in [-0.39, 0.29) is 11.9 Å². The molecule has 0 spiro atoms. The minimum absolute atomic E-state index is 0.0507. The molecule has 2 heterocycles. The predicted molar refractivity (Wildman–Crippen MR) is 121 cm³/mol. The van der Waals surface area contributed by atoms with Crippen molar-refractivity contribution in [2.24, 2.45) is 5.10 Å². The molecule has 8 nitrogen and oxygen atoms in total. The maximum atomic E-state index is 13.4. The Bertz CT molecular complexity index is 970. The summed E-state index contributed by atoms with van der Waals surface area (Å²) in [6, 6.07) is 13.2. The minimum atomic E-state index is -0.286. The van der Waals surface area contributed by atoms with Crippen LogP contribution < -0.4 is 14.2 Å². The van der Waals surface area contributed by atoms with Crippen LogP contribution in [0.5, 0.6) is 17.2 Å². The number of morpholine rings is 1. The lowest BCUT2D eigenvalue weighted by Gasteiger charge is -2.29. The molecule has 2 aliphatic heterocycles. The second-order valence-corrected chi connectivity index (χ2v) is 7.70. The van der Waals surface area contributed by atoms with Crippen LogP contribution >= 0.6 is 0 Å². The van der Waals surface area contributed by atoms with Gasteiger partial charge in [0.15, 0.2) is 11.5 Å². The quantitative estimate of drug-likeness (QED) is 0.661. The number of hydrazone groups is 1. The highest BCUT2D eigenvalue weighted by Gasteiger charge is 2.36. The van der Waals surface area contributed by atoms with Gasteiger partial charge in [0.2, 0.25) is 0 Å². The van der Waals surface area contributed by atoms with Crippen LogP contribution in [-0.2, 0) is 9.53 Å². The van der Waals surface area contributed by atoms with Crippen molar-refractivity contribution < 1.29 is 23.7 Å². The van der Waals surface area contributed by atoms with Gasteiger partial charge in [0, 0.05) is 25.1 Å². The number of carbonyl (C=O) groups is 1. The number of para-hydroxylation sites is 1. The van der Waals surface area contributed by atoms with E-state index in [0.29, 0.717) is 37.7 Å². The summed E-state index contributed by atoms with van der Waals surface area (Å²) in [4.78, 5) is 15.5. The number of benzene rings is 2. The van der Waals surface area contributed by atoms with Gasteiger partial charge in [0.25, 0.3) is 5.91 Å². The molecule has 8 heteroatoms. The van der Waals surface area contributed by atoms with Gasteiger partial charge in [-0.3, -0.25) is 9.69 Å². The van der Waals surface area contributed by atoms with Gasteiger partial charge in [-0.25, -0.2) is 5.01 Å². The van der Waals surface area contributed by atoms with E-state index in [0.717, 1.165) is 35.7 Å². The third-order valence-electron chi connectivity index (χ3n) is 5.84. The molecule has 4 rings (SSSR count). The Hall–Kier alpha value is -3.10. The first kappa shape index (κ1) is 22.1. The van der Waals surface area contributed by atoms with E-state index in [1.54, 1.807) is 26.3 Å². The molecular formula is C24H29N3O5. The van der Waals surface area contributed by atoms with Crippen molar-refractivity contribution >= 4 is 11.6 Å². The van der Waals surface area contributed by atoms with E-state index in [9.17, 15) is 4.79 Å². The van der Waals surface area contributed by atoms with Gasteiger partial charge >= 0.3 is 0 Å². The maximum Gasteiger partial charge on any atom is 0.257 e. The van der Waals surface area contributed by atoms with E-state index in [2.05, 4.69) is 4.90 Å². The second kappa shape index (κ2) is 10.0. The molecule has 32 heavy (non-hydrogen) atoms. The van der Waals surface area contributed by atoms with E-state index >= 15 is 0 Å². The van der Waals surface area contributed by atoms with Gasteiger partial charge in [-0.2, -0.15) is 5.10 Å². The van der Waals surface area contributed by atoms with Crippen LogP contribution in [0.3, 0.4) is 0 Å². The monoisotopic (exact) mass is 439 g/mol. The first-order valence-corrected chi connectivity index (χ1v) is 10.7. The molecule has 1 atom stereocenters. The summed E-state index contributed by atoms with van der Waals surface area (Å²) in [5.74, 6) is 1.97. The fourth-order valence-electron chi connectivity index (χ4n) is 4.14. The molecule has 2 aliphatic rings. The molecule has 0 aliphatic carbocycles. The second-order valence-electron chi connectivity index (χ2n) is 7.70. The van der Waals surface area contributed by atoms with Crippen LogP contribution in [0.4, 0.5) is 0 Å². The normalized spacial score (nSPS) is 18.9. The largest absolute Gasteiger partial charge is 0.497 e. The fourth-order valence-corrected chi connectivity index (χ4v) is 4.14. The number of carbonyl (C=O) groups excluding carboxylic acids is 1. The molecule has 1 amide bonds. The first-order valence-electron chi connectivity index (χ1n) is 10.7. The number of rotatable bonds is 7. The molecular weight excluding hydrogens is 410 g/mol. The third-order valence-corrected chi connectivity index (χ3v) is 5.84. The minimum Gasteiger partial charge on any atom is -0.497 e. The summed E-state index contributed by atoms with van der Waals surface area (Å²) < 4.78 is 21.8. The lowest BCUT2D eigenvalue weighted by molar-refractivity contribution is -0.135. The summed E-state index contributed by atoms with van der Waals surface area (Å²) >= 11 is 0. The standard InChI is InChI=1S/C24H29N3O5/c1-29-18-9-7-17(8-10-18)20-15-21(19-5-4-6-22(30-2)24(19)31-3)27(25-20)23(28)16-26-11-13-32-14-12-26/h4-10,21H,11-16H2,1-3H3/t21-/m0/s1. The van der Waals surface area contributed by atoms with Crippen molar-refractivity contribution in [1.82, 2.24) is 9.91 Å². The van der Waals surface area contributed by atoms with Crippen LogP contribution in [-0.4, -0.2) is 75.7 Å². The molecule has 170 valence electrons. The molecule has 0 aromatic heterocycles. The average Bonchev–Trinajstić information content (AvgIpc) is 3.29. The molecule has 0 N–H and O–H groups in total. The number of ether oxygens (including phenoxy) is 4. The van der Waals surface area contributed by atoms with E-state index < -0.39 is 0 Å². The lowest BCUT2D eigenvalue weighted by Crippen LogP contribution is -2.43. The summed E-state index contributed by atoms with van der Waals surface area (Å²) in [5, 5.41) is 6.38. The number of methoxy groups -OCH3 is 3. The Labute approximate surface area is 188 Å². The predicted octanol–water partition coefficient (Wildman–Crippen LogP) is 2.72.